The summed E-state index contributed by atoms with van der Waals surface area (Å²) in [4.78, 5) is 4.59. The van der Waals surface area contributed by atoms with E-state index in [2.05, 4.69) is 39.9 Å². The number of nitrogens with zero attached hydrogens (tertiary/aromatic N) is 1. The van der Waals surface area contributed by atoms with Gasteiger partial charge in [0.05, 0.1) is 12.3 Å². The summed E-state index contributed by atoms with van der Waals surface area (Å²) in [7, 11) is -3.22. The highest BCUT2D eigenvalue weighted by atomic mass is 127. The highest BCUT2D eigenvalue weighted by Gasteiger charge is 2.20. The lowest BCUT2D eigenvalue weighted by molar-refractivity contribution is 0.539. The minimum absolute atomic E-state index is 0. The number of hydrogen-bond donors (Lipinski definition) is 2. The fourth-order valence-electron chi connectivity index (χ4n) is 3.96. The third-order valence-corrected chi connectivity index (χ3v) is 6.18. The van der Waals surface area contributed by atoms with E-state index < -0.39 is 15.7 Å². The summed E-state index contributed by atoms with van der Waals surface area (Å²) in [6.45, 7) is 3.66. The second-order valence-electron chi connectivity index (χ2n) is 7.85. The van der Waals surface area contributed by atoms with Crippen molar-refractivity contribution in [1.82, 2.24) is 10.6 Å². The van der Waals surface area contributed by atoms with Crippen LogP contribution in [0.4, 0.5) is 4.39 Å². The molecule has 0 aliphatic heterocycles. The molecule has 3 rings (SSSR count). The second-order valence-corrected chi connectivity index (χ2v) is 9.99. The maximum atomic E-state index is 13.8. The number of hydrogen-bond acceptors (Lipinski definition) is 3. The highest BCUT2D eigenvalue weighted by molar-refractivity contribution is 14.0. The summed E-state index contributed by atoms with van der Waals surface area (Å²) in [5.41, 5.74) is 3.98. The molecule has 8 heteroatoms. The molecule has 0 saturated carbocycles. The maximum Gasteiger partial charge on any atom is 0.191 e. The maximum absolute atomic E-state index is 13.8. The molecule has 2 aromatic rings. The van der Waals surface area contributed by atoms with Crippen LogP contribution in [0.2, 0.25) is 0 Å². The van der Waals surface area contributed by atoms with Gasteiger partial charge in [0.2, 0.25) is 0 Å². The minimum atomic E-state index is -3.22. The van der Waals surface area contributed by atoms with Crippen molar-refractivity contribution >= 4 is 39.8 Å². The van der Waals surface area contributed by atoms with Crippen LogP contribution in [0.25, 0.3) is 0 Å². The van der Waals surface area contributed by atoms with Crippen molar-refractivity contribution < 1.29 is 12.8 Å². The number of nitrogens with one attached hydrogen (secondary N) is 2. The molecule has 0 saturated heterocycles. The van der Waals surface area contributed by atoms with E-state index in [4.69, 9.17) is 0 Å². The second kappa shape index (κ2) is 11.8. The molecule has 0 radical (unpaired) electrons. The van der Waals surface area contributed by atoms with Crippen LogP contribution in [0.5, 0.6) is 0 Å². The lowest BCUT2D eigenvalue weighted by atomic mass is 9.83. The van der Waals surface area contributed by atoms with Crippen LogP contribution in [-0.2, 0) is 28.6 Å². The zero-order chi connectivity index (χ0) is 21.6. The van der Waals surface area contributed by atoms with Crippen molar-refractivity contribution in [1.29, 1.82) is 0 Å². The SMILES string of the molecule is CCNC(=NCc1cc(F)ccc1CS(C)(=O)=O)NCC1CCCc2ccccc21.I. The summed E-state index contributed by atoms with van der Waals surface area (Å²) in [5, 5.41) is 6.64. The first-order valence-corrected chi connectivity index (χ1v) is 12.5. The van der Waals surface area contributed by atoms with Crippen molar-refractivity contribution in [3.05, 3.63) is 70.5 Å². The number of sulfone groups is 1. The van der Waals surface area contributed by atoms with Gasteiger partial charge in [-0.25, -0.2) is 17.8 Å². The normalized spacial score (nSPS) is 16.2. The Labute approximate surface area is 201 Å². The van der Waals surface area contributed by atoms with E-state index >= 15 is 0 Å². The molecule has 1 aliphatic rings. The Morgan fingerprint density at radius 2 is 1.94 bits per heavy atom. The molecule has 1 unspecified atom stereocenters. The Morgan fingerprint density at radius 3 is 2.68 bits per heavy atom. The predicted octanol–water partition coefficient (Wildman–Crippen LogP) is 4.16. The fourth-order valence-corrected chi connectivity index (χ4v) is 4.80. The van der Waals surface area contributed by atoms with Crippen LogP contribution >= 0.6 is 24.0 Å². The Balaban J connectivity index is 0.00000341. The van der Waals surface area contributed by atoms with E-state index in [-0.39, 0.29) is 36.3 Å². The number of rotatable bonds is 7. The molecule has 0 aromatic heterocycles. The quantitative estimate of drug-likeness (QED) is 0.304. The third-order valence-electron chi connectivity index (χ3n) is 5.35. The van der Waals surface area contributed by atoms with E-state index in [9.17, 15) is 12.8 Å². The Morgan fingerprint density at radius 1 is 1.16 bits per heavy atom. The van der Waals surface area contributed by atoms with Gasteiger partial charge in [-0.2, -0.15) is 0 Å². The van der Waals surface area contributed by atoms with E-state index in [1.54, 1.807) is 0 Å². The third kappa shape index (κ3) is 7.75. The number of fused-ring (bicyclic) bond motifs is 1. The average molecular weight is 559 g/mol. The summed E-state index contributed by atoms with van der Waals surface area (Å²) < 4.78 is 37.2. The first kappa shape index (κ1) is 25.6. The van der Waals surface area contributed by atoms with E-state index in [1.807, 2.05) is 6.92 Å². The zero-order valence-electron chi connectivity index (χ0n) is 18.0. The van der Waals surface area contributed by atoms with Crippen LogP contribution in [-0.4, -0.2) is 33.7 Å². The van der Waals surface area contributed by atoms with E-state index in [0.717, 1.165) is 19.4 Å². The van der Waals surface area contributed by atoms with Crippen LogP contribution < -0.4 is 10.6 Å². The fraction of sp³-hybridized carbons (Fsp3) is 0.435. The van der Waals surface area contributed by atoms with E-state index in [0.29, 0.717) is 29.5 Å². The molecule has 0 amide bonds. The van der Waals surface area contributed by atoms with Crippen molar-refractivity contribution in [3.63, 3.8) is 0 Å². The highest BCUT2D eigenvalue weighted by Crippen LogP contribution is 2.30. The van der Waals surface area contributed by atoms with Gasteiger partial charge in [0.1, 0.15) is 5.82 Å². The molecule has 2 N–H and O–H groups in total. The Kier molecular flexibility index (Phi) is 9.74. The summed E-state index contributed by atoms with van der Waals surface area (Å²) in [6.07, 6.45) is 4.61. The van der Waals surface area contributed by atoms with Gasteiger partial charge in [-0.1, -0.05) is 30.3 Å². The molecule has 0 bridgehead atoms. The molecule has 5 nitrogen and oxygen atoms in total. The lowest BCUT2D eigenvalue weighted by Crippen LogP contribution is -2.39. The number of aliphatic imine (C=N–C) groups is 1. The van der Waals surface area contributed by atoms with Crippen LogP contribution in [0.3, 0.4) is 0 Å². The number of halogens is 2. The topological polar surface area (TPSA) is 70.6 Å². The monoisotopic (exact) mass is 559 g/mol. The largest absolute Gasteiger partial charge is 0.357 e. The standard InChI is InChI=1S/C23H30FN3O2S.HI/c1-3-25-23(26-14-18-9-6-8-17-7-4-5-10-22(17)18)27-15-20-13-21(24)12-11-19(20)16-30(2,28)29;/h4-5,7,10-13,18H,3,6,8-9,14-16H2,1-2H3,(H2,25,26,27);1H. The summed E-state index contributed by atoms with van der Waals surface area (Å²) >= 11 is 0. The average Bonchev–Trinajstić information content (AvgIpc) is 2.71. The number of benzene rings is 2. The van der Waals surface area contributed by atoms with Crippen LogP contribution in [0.15, 0.2) is 47.5 Å². The van der Waals surface area contributed by atoms with Crippen molar-refractivity contribution in [3.8, 4) is 0 Å². The smallest absolute Gasteiger partial charge is 0.191 e. The lowest BCUT2D eigenvalue weighted by Gasteiger charge is -2.26. The van der Waals surface area contributed by atoms with Gasteiger partial charge >= 0.3 is 0 Å². The zero-order valence-corrected chi connectivity index (χ0v) is 21.2. The van der Waals surface area contributed by atoms with Gasteiger partial charge in [-0.3, -0.25) is 0 Å². The number of aryl methyl sites for hydroxylation is 1. The molecule has 0 fully saturated rings. The van der Waals surface area contributed by atoms with Gasteiger partial charge in [0.25, 0.3) is 0 Å². The Bertz CT molecular complexity index is 1010. The predicted molar refractivity (Wildman–Crippen MR) is 135 cm³/mol. The number of guanidine groups is 1. The Hall–Kier alpha value is -1.68. The molecule has 1 aliphatic carbocycles. The van der Waals surface area contributed by atoms with Crippen molar-refractivity contribution in [2.75, 3.05) is 19.3 Å². The molecule has 2 aromatic carbocycles. The van der Waals surface area contributed by atoms with Gasteiger partial charge in [0, 0.05) is 25.3 Å². The first-order valence-electron chi connectivity index (χ1n) is 10.4. The molecule has 0 spiro atoms. The van der Waals surface area contributed by atoms with Gasteiger partial charge in [-0.05, 0) is 60.6 Å². The van der Waals surface area contributed by atoms with Gasteiger partial charge < -0.3 is 10.6 Å². The summed E-state index contributed by atoms with van der Waals surface area (Å²) in [6, 6.07) is 12.8. The molecular formula is C23H31FIN3O2S. The van der Waals surface area contributed by atoms with Crippen molar-refractivity contribution in [2.45, 2.75) is 44.4 Å². The van der Waals surface area contributed by atoms with Gasteiger partial charge in [0.15, 0.2) is 15.8 Å². The van der Waals surface area contributed by atoms with Gasteiger partial charge in [-0.15, -0.1) is 24.0 Å². The van der Waals surface area contributed by atoms with Crippen LogP contribution in [0, 0.1) is 5.82 Å². The molecule has 31 heavy (non-hydrogen) atoms. The molecule has 170 valence electrons. The molecule has 0 heterocycles. The van der Waals surface area contributed by atoms with Crippen LogP contribution in [0.1, 0.15) is 47.9 Å². The molecular weight excluding hydrogens is 528 g/mol. The first-order chi connectivity index (χ1) is 14.4. The van der Waals surface area contributed by atoms with E-state index in [1.165, 1.54) is 42.0 Å². The summed E-state index contributed by atoms with van der Waals surface area (Å²) in [5.74, 6) is 0.555. The van der Waals surface area contributed by atoms with Crippen molar-refractivity contribution in [2.24, 2.45) is 4.99 Å². The molecule has 1 atom stereocenters. The minimum Gasteiger partial charge on any atom is -0.357 e.